The van der Waals surface area contributed by atoms with Crippen molar-refractivity contribution in [2.45, 2.75) is 50.9 Å². The average molecular weight is 523 g/mol. The minimum absolute atomic E-state index is 0.0476. The molecule has 1 aliphatic carbocycles. The van der Waals surface area contributed by atoms with E-state index < -0.39 is 9.84 Å². The fourth-order valence-electron chi connectivity index (χ4n) is 4.80. The van der Waals surface area contributed by atoms with E-state index in [1.54, 1.807) is 30.8 Å². The molecule has 1 N–H and O–H groups in total. The van der Waals surface area contributed by atoms with Gasteiger partial charge in [-0.05, 0) is 69.4 Å². The zero-order chi connectivity index (χ0) is 26.3. The van der Waals surface area contributed by atoms with Crippen molar-refractivity contribution in [2.24, 2.45) is 7.05 Å². The maximum absolute atomic E-state index is 11.9. The van der Waals surface area contributed by atoms with Gasteiger partial charge >= 0.3 is 0 Å². The summed E-state index contributed by atoms with van der Waals surface area (Å²) in [6, 6.07) is 9.60. The molecule has 0 aliphatic heterocycles. The van der Waals surface area contributed by atoms with Crippen LogP contribution < -0.4 is 15.6 Å². The van der Waals surface area contributed by atoms with Crippen molar-refractivity contribution in [3.63, 3.8) is 0 Å². The summed E-state index contributed by atoms with van der Waals surface area (Å²) >= 11 is 0. The molecule has 0 spiro atoms. The second kappa shape index (κ2) is 9.62. The highest BCUT2D eigenvalue weighted by Gasteiger charge is 2.29. The number of hydrogen-bond donors (Lipinski definition) is 1. The fraction of sp³-hybridized carbons (Fsp3) is 0.385. The molecule has 0 radical (unpaired) electrons. The summed E-state index contributed by atoms with van der Waals surface area (Å²) in [6.07, 6.45) is 7.50. The number of rotatable bonds is 6. The van der Waals surface area contributed by atoms with Crippen molar-refractivity contribution >= 4 is 27.0 Å². The highest BCUT2D eigenvalue weighted by atomic mass is 32.2. The van der Waals surface area contributed by atoms with E-state index in [-0.39, 0.29) is 16.9 Å². The van der Waals surface area contributed by atoms with Gasteiger partial charge in [-0.2, -0.15) is 10.2 Å². The van der Waals surface area contributed by atoms with Crippen LogP contribution in [-0.4, -0.2) is 50.4 Å². The average Bonchev–Trinajstić information content (AvgIpc) is 3.24. The lowest BCUT2D eigenvalue weighted by Gasteiger charge is -2.28. The smallest absolute Gasteiger partial charge is 0.269 e. The van der Waals surface area contributed by atoms with Gasteiger partial charge in [0.15, 0.2) is 11.6 Å². The Balaban J connectivity index is 1.39. The molecular formula is C26H30N6O4S. The number of hydrogen-bond acceptors (Lipinski definition) is 8. The Kier molecular flexibility index (Phi) is 6.49. The zero-order valence-electron chi connectivity index (χ0n) is 21.3. The summed E-state index contributed by atoms with van der Waals surface area (Å²) < 4.78 is 33.2. The molecule has 37 heavy (non-hydrogen) atoms. The van der Waals surface area contributed by atoms with Crippen LogP contribution in [0.1, 0.15) is 36.9 Å². The maximum Gasteiger partial charge on any atom is 0.269 e. The van der Waals surface area contributed by atoms with E-state index in [2.05, 4.69) is 20.5 Å². The molecule has 4 aromatic rings. The Bertz CT molecular complexity index is 1610. The third kappa shape index (κ3) is 5.36. The van der Waals surface area contributed by atoms with Gasteiger partial charge in [-0.15, -0.1) is 0 Å². The number of nitrogens with zero attached hydrogens (tertiary/aromatic N) is 5. The van der Waals surface area contributed by atoms with Crippen molar-refractivity contribution in [1.29, 1.82) is 0 Å². The third-order valence-corrected chi connectivity index (χ3v) is 8.48. The molecule has 0 saturated heterocycles. The number of pyridine rings is 2. The van der Waals surface area contributed by atoms with E-state index >= 15 is 0 Å². The van der Waals surface area contributed by atoms with Crippen LogP contribution in [-0.2, 0) is 16.9 Å². The van der Waals surface area contributed by atoms with Gasteiger partial charge < -0.3 is 10.1 Å². The van der Waals surface area contributed by atoms with Crippen LogP contribution in [0.5, 0.6) is 5.75 Å². The van der Waals surface area contributed by atoms with Crippen molar-refractivity contribution in [2.75, 3.05) is 11.6 Å². The van der Waals surface area contributed by atoms with Gasteiger partial charge in [0.2, 0.25) is 0 Å². The molecule has 1 fully saturated rings. The van der Waals surface area contributed by atoms with Crippen molar-refractivity contribution < 1.29 is 13.2 Å². The first-order chi connectivity index (χ1) is 17.6. The lowest BCUT2D eigenvalue weighted by atomic mass is 9.97. The second-order valence-electron chi connectivity index (χ2n) is 9.75. The van der Waals surface area contributed by atoms with Gasteiger partial charge in [-0.1, -0.05) is 0 Å². The molecule has 1 aliphatic rings. The van der Waals surface area contributed by atoms with E-state index in [9.17, 15) is 13.2 Å². The normalized spacial score (nSPS) is 18.2. The van der Waals surface area contributed by atoms with Crippen molar-refractivity contribution in [1.82, 2.24) is 24.4 Å². The minimum Gasteiger partial charge on any atom is -0.488 e. The van der Waals surface area contributed by atoms with Crippen molar-refractivity contribution in [3.05, 3.63) is 64.3 Å². The Labute approximate surface area is 215 Å². The van der Waals surface area contributed by atoms with Crippen LogP contribution in [0.4, 0.5) is 11.6 Å². The first-order valence-electron chi connectivity index (χ1n) is 12.2. The van der Waals surface area contributed by atoms with Crippen LogP contribution >= 0.6 is 0 Å². The van der Waals surface area contributed by atoms with Gasteiger partial charge in [-0.3, -0.25) is 9.78 Å². The van der Waals surface area contributed by atoms with Gasteiger partial charge in [0, 0.05) is 42.4 Å². The van der Waals surface area contributed by atoms with E-state index in [0.717, 1.165) is 22.3 Å². The van der Waals surface area contributed by atoms with Crippen LogP contribution in [0, 0.1) is 13.8 Å². The number of sulfone groups is 1. The summed E-state index contributed by atoms with van der Waals surface area (Å²) in [5, 5.41) is 11.7. The monoisotopic (exact) mass is 522 g/mol. The number of anilines is 2. The van der Waals surface area contributed by atoms with Gasteiger partial charge in [0.05, 0.1) is 23.1 Å². The van der Waals surface area contributed by atoms with Gasteiger partial charge in [0.25, 0.3) is 5.56 Å². The van der Waals surface area contributed by atoms with Crippen LogP contribution in [0.25, 0.3) is 16.6 Å². The summed E-state index contributed by atoms with van der Waals surface area (Å²) in [6.45, 7) is 3.69. The van der Waals surface area contributed by atoms with Crippen molar-refractivity contribution in [3.8, 4) is 16.9 Å². The Morgan fingerprint density at radius 2 is 1.76 bits per heavy atom. The first kappa shape index (κ1) is 24.9. The van der Waals surface area contributed by atoms with E-state index in [4.69, 9.17) is 4.74 Å². The van der Waals surface area contributed by atoms with Crippen LogP contribution in [0.2, 0.25) is 0 Å². The lowest BCUT2D eigenvalue weighted by Crippen LogP contribution is -2.31. The number of aryl methyl sites for hydroxylation is 3. The Hall–Kier alpha value is -3.73. The molecule has 1 saturated carbocycles. The highest BCUT2D eigenvalue weighted by Crippen LogP contribution is 2.34. The summed E-state index contributed by atoms with van der Waals surface area (Å²) in [5.74, 6) is 1.82. The molecule has 0 bridgehead atoms. The minimum atomic E-state index is -3.02. The SMILES string of the molecule is Cc1cc(-c2ccn3nc(Nc4cc(C)c(=O)n(C)n4)cc3c2)c(O[C@H]2CC[C@H](S(C)(=O)=O)CC2)cn1. The van der Waals surface area contributed by atoms with Crippen LogP contribution in [0.3, 0.4) is 0 Å². The number of nitrogens with one attached hydrogen (secondary N) is 1. The second-order valence-corrected chi connectivity index (χ2v) is 12.1. The van der Waals surface area contributed by atoms with E-state index in [1.807, 2.05) is 37.4 Å². The number of aromatic nitrogens is 5. The number of fused-ring (bicyclic) bond motifs is 1. The molecule has 4 heterocycles. The molecule has 5 rings (SSSR count). The molecular weight excluding hydrogens is 492 g/mol. The standard InChI is InChI=1S/C26H30N6O4S/c1-16-11-24(29-31(3)26(16)33)28-25-14-19-13-18(9-10-32(19)30-25)22-12-17(2)27-15-23(22)36-20-5-7-21(8-6-20)37(4,34)35/h9-15,20-21H,5-8H2,1-4H3,(H,28,29,30)/t20-,21-. The van der Waals surface area contributed by atoms with Gasteiger partial charge in [-0.25, -0.2) is 17.6 Å². The first-order valence-corrected chi connectivity index (χ1v) is 14.2. The van der Waals surface area contributed by atoms with E-state index in [1.165, 1.54) is 10.9 Å². The molecule has 11 heteroatoms. The van der Waals surface area contributed by atoms with E-state index in [0.29, 0.717) is 48.6 Å². The topological polar surface area (TPSA) is 120 Å². The number of ether oxygens (including phenoxy) is 1. The Morgan fingerprint density at radius 3 is 2.46 bits per heavy atom. The summed E-state index contributed by atoms with van der Waals surface area (Å²) in [7, 11) is -1.41. The Morgan fingerprint density at radius 1 is 1.03 bits per heavy atom. The predicted molar refractivity (Wildman–Crippen MR) is 142 cm³/mol. The third-order valence-electron chi connectivity index (χ3n) is 6.80. The summed E-state index contributed by atoms with van der Waals surface area (Å²) in [4.78, 5) is 16.4. The molecule has 0 unspecified atom stereocenters. The largest absolute Gasteiger partial charge is 0.488 e. The summed E-state index contributed by atoms with van der Waals surface area (Å²) in [5.41, 5.74) is 4.08. The fourth-order valence-corrected chi connectivity index (χ4v) is 5.93. The predicted octanol–water partition coefficient (Wildman–Crippen LogP) is 3.59. The molecule has 0 aromatic carbocycles. The zero-order valence-corrected chi connectivity index (χ0v) is 22.1. The quantitative estimate of drug-likeness (QED) is 0.408. The molecule has 0 amide bonds. The molecule has 4 aromatic heterocycles. The molecule has 0 atom stereocenters. The molecule has 10 nitrogen and oxygen atoms in total. The highest BCUT2D eigenvalue weighted by molar-refractivity contribution is 7.91. The lowest BCUT2D eigenvalue weighted by molar-refractivity contribution is 0.156. The van der Waals surface area contributed by atoms with Crippen LogP contribution in [0.15, 0.2) is 47.5 Å². The maximum atomic E-state index is 11.9. The molecule has 194 valence electrons. The van der Waals surface area contributed by atoms with Gasteiger partial charge in [0.1, 0.15) is 15.6 Å².